The topological polar surface area (TPSA) is 154 Å². The monoisotopic (exact) mass is 1030 g/mol. The van der Waals surface area contributed by atoms with Crippen LogP contribution in [-0.4, -0.2) is 42.9 Å². The van der Waals surface area contributed by atoms with Gasteiger partial charge in [0.05, 0.1) is 30.6 Å². The molecule has 12 nitrogen and oxygen atoms in total. The zero-order valence-corrected chi connectivity index (χ0v) is 34.4. The van der Waals surface area contributed by atoms with Crippen LogP contribution in [0.2, 0.25) is 0 Å². The average Bonchev–Trinajstić information content (AvgIpc) is 3.14. The summed E-state index contributed by atoms with van der Waals surface area (Å²) in [5, 5.41) is 32.0. The summed E-state index contributed by atoms with van der Waals surface area (Å²) >= 11 is 6.25. The number of aryl methyl sites for hydroxylation is 3. The van der Waals surface area contributed by atoms with Gasteiger partial charge in [-0.25, -0.2) is 0 Å². The molecule has 51 heavy (non-hydrogen) atoms. The van der Waals surface area contributed by atoms with E-state index >= 15 is 0 Å². The van der Waals surface area contributed by atoms with E-state index in [1.165, 1.54) is 13.7 Å². The van der Waals surface area contributed by atoms with E-state index in [4.69, 9.17) is 14.2 Å². The molecule has 0 fully saturated rings. The fraction of sp³-hybridized carbons (Fsp3) is 0.250. The Bertz CT molecular complexity index is 2310. The standard InChI is InChI=1S/3C12H12INO3/c1-14-3-2-8-5-11(17-7-13)9(6-15)4-10(8)12(14)16;1-14-3-2-8-4-9(6-15)11(17-7-13)5-10(8)12(14)16;1-14-5-4-9-10(12(14)16)3-2-8(6-15)11(9)17-7-13/h3*2-5,15H,6-7H2,1H3. The van der Waals surface area contributed by atoms with Gasteiger partial charge in [0.15, 0.2) is 0 Å². The van der Waals surface area contributed by atoms with Gasteiger partial charge in [-0.3, -0.25) is 14.4 Å². The maximum Gasteiger partial charge on any atom is 0.258 e. The van der Waals surface area contributed by atoms with Gasteiger partial charge >= 0.3 is 0 Å². The molecule has 3 aromatic carbocycles. The number of halogens is 3. The number of hydrogen-bond donors (Lipinski definition) is 3. The first-order chi connectivity index (χ1) is 24.5. The fourth-order valence-corrected chi connectivity index (χ4v) is 6.24. The fourth-order valence-electron chi connectivity index (χ4n) is 5.25. The number of benzene rings is 3. The third-order valence-electron chi connectivity index (χ3n) is 7.95. The third kappa shape index (κ3) is 9.41. The van der Waals surface area contributed by atoms with Crippen LogP contribution < -0.4 is 30.9 Å². The van der Waals surface area contributed by atoms with Crippen molar-refractivity contribution in [3.8, 4) is 17.2 Å². The minimum Gasteiger partial charge on any atom is -0.483 e. The van der Waals surface area contributed by atoms with Crippen molar-refractivity contribution >= 4 is 100 Å². The number of aliphatic hydroxyl groups is 3. The normalized spacial score (nSPS) is 10.8. The average molecular weight is 1040 g/mol. The number of ether oxygens (including phenoxy) is 3. The Morgan fingerprint density at radius 1 is 0.510 bits per heavy atom. The van der Waals surface area contributed by atoms with Gasteiger partial charge in [-0.1, -0.05) is 6.07 Å². The number of pyridine rings is 3. The van der Waals surface area contributed by atoms with Crippen LogP contribution in [0.15, 0.2) is 87.6 Å². The van der Waals surface area contributed by atoms with Crippen LogP contribution in [0.4, 0.5) is 0 Å². The van der Waals surface area contributed by atoms with Gasteiger partial charge in [0.1, 0.15) is 31.1 Å². The maximum atomic E-state index is 11.9. The molecule has 0 aliphatic rings. The number of alkyl halides is 3. The highest BCUT2D eigenvalue weighted by Crippen LogP contribution is 2.29. The van der Waals surface area contributed by atoms with E-state index in [-0.39, 0.29) is 36.5 Å². The summed E-state index contributed by atoms with van der Waals surface area (Å²) < 4.78 is 22.4. The van der Waals surface area contributed by atoms with Gasteiger partial charge in [0, 0.05) is 67.2 Å². The van der Waals surface area contributed by atoms with Crippen LogP contribution in [-0.2, 0) is 41.0 Å². The Kier molecular flexibility index (Phi) is 15.1. The zero-order chi connectivity index (χ0) is 37.2. The second-order valence-electron chi connectivity index (χ2n) is 11.0. The van der Waals surface area contributed by atoms with E-state index in [1.54, 1.807) is 76.1 Å². The molecule has 3 aromatic heterocycles. The number of rotatable bonds is 9. The highest BCUT2D eigenvalue weighted by Gasteiger charge is 2.12. The molecule has 0 saturated heterocycles. The minimum atomic E-state index is -0.139. The van der Waals surface area contributed by atoms with Crippen LogP contribution in [0, 0.1) is 0 Å². The molecule has 6 rings (SSSR count). The molecule has 15 heteroatoms. The largest absolute Gasteiger partial charge is 0.483 e. The summed E-state index contributed by atoms with van der Waals surface area (Å²) in [6.07, 6.45) is 5.13. The van der Waals surface area contributed by atoms with Crippen molar-refractivity contribution in [3.63, 3.8) is 0 Å². The Morgan fingerprint density at radius 2 is 0.961 bits per heavy atom. The van der Waals surface area contributed by atoms with Crippen LogP contribution in [0.1, 0.15) is 16.7 Å². The molecule has 0 spiro atoms. The van der Waals surface area contributed by atoms with Gasteiger partial charge in [-0.15, -0.1) is 0 Å². The van der Waals surface area contributed by atoms with E-state index in [1.807, 2.05) is 18.2 Å². The molecular formula is C36H36I3N3O9. The van der Waals surface area contributed by atoms with Crippen LogP contribution in [0.5, 0.6) is 17.2 Å². The van der Waals surface area contributed by atoms with Gasteiger partial charge in [0.25, 0.3) is 16.7 Å². The Morgan fingerprint density at radius 3 is 1.49 bits per heavy atom. The molecular weight excluding hydrogens is 999 g/mol. The number of aromatic nitrogens is 3. The Balaban J connectivity index is 0.000000172. The van der Waals surface area contributed by atoms with Crippen molar-refractivity contribution in [1.82, 2.24) is 13.7 Å². The van der Waals surface area contributed by atoms with E-state index < -0.39 is 0 Å². The second kappa shape index (κ2) is 19.0. The zero-order valence-electron chi connectivity index (χ0n) is 27.9. The summed E-state index contributed by atoms with van der Waals surface area (Å²) in [5.41, 5.74) is 1.83. The van der Waals surface area contributed by atoms with Crippen LogP contribution in [0.3, 0.4) is 0 Å². The van der Waals surface area contributed by atoms with E-state index in [2.05, 4.69) is 67.8 Å². The summed E-state index contributed by atoms with van der Waals surface area (Å²) in [6, 6.07) is 16.0. The Labute approximate surface area is 333 Å². The quantitative estimate of drug-likeness (QED) is 0.128. The van der Waals surface area contributed by atoms with Crippen LogP contribution >= 0.6 is 67.8 Å². The lowest BCUT2D eigenvalue weighted by Crippen LogP contribution is -2.16. The van der Waals surface area contributed by atoms with Crippen molar-refractivity contribution < 1.29 is 29.5 Å². The third-order valence-corrected chi connectivity index (χ3v) is 8.88. The number of nitrogens with zero attached hydrogens (tertiary/aromatic N) is 3. The van der Waals surface area contributed by atoms with Gasteiger partial charge in [-0.2, -0.15) is 0 Å². The molecule has 270 valence electrons. The van der Waals surface area contributed by atoms with E-state index in [9.17, 15) is 29.7 Å². The van der Waals surface area contributed by atoms with Gasteiger partial charge in [0.2, 0.25) is 0 Å². The predicted molar refractivity (Wildman–Crippen MR) is 224 cm³/mol. The molecule has 0 unspecified atom stereocenters. The SMILES string of the molecule is Cn1ccc2c(OCI)c(CO)ccc2c1=O.Cn1ccc2cc(CO)c(OCI)cc2c1=O.Cn1ccc2cc(OCI)c(CO)cc2c1=O. The second-order valence-corrected chi connectivity index (χ2v) is 12.9. The molecule has 3 N–H and O–H groups in total. The molecule has 0 atom stereocenters. The number of hydrogen-bond acceptors (Lipinski definition) is 9. The molecule has 0 saturated carbocycles. The summed E-state index contributed by atoms with van der Waals surface area (Å²) in [7, 11) is 5.12. The van der Waals surface area contributed by atoms with Gasteiger partial charge < -0.3 is 43.2 Å². The number of aliphatic hydroxyl groups excluding tert-OH is 3. The maximum absolute atomic E-state index is 11.9. The van der Waals surface area contributed by atoms with Crippen LogP contribution in [0.25, 0.3) is 32.3 Å². The summed E-state index contributed by atoms with van der Waals surface area (Å²) in [6.45, 7) is -0.339. The van der Waals surface area contributed by atoms with Crippen molar-refractivity contribution in [3.05, 3.63) is 121 Å². The van der Waals surface area contributed by atoms with Crippen molar-refractivity contribution in [1.29, 1.82) is 0 Å². The molecule has 0 aliphatic carbocycles. The molecule has 3 heterocycles. The van der Waals surface area contributed by atoms with Gasteiger partial charge in [-0.05, 0) is 127 Å². The highest BCUT2D eigenvalue weighted by molar-refractivity contribution is 14.1. The molecule has 6 aromatic rings. The first-order valence-corrected chi connectivity index (χ1v) is 19.9. The van der Waals surface area contributed by atoms with Crippen molar-refractivity contribution in [2.45, 2.75) is 19.8 Å². The summed E-state index contributed by atoms with van der Waals surface area (Å²) in [5.74, 6) is 1.79. The molecule has 0 amide bonds. The first kappa shape index (κ1) is 40.5. The molecule has 0 bridgehead atoms. The molecule has 0 aliphatic heterocycles. The lowest BCUT2D eigenvalue weighted by atomic mass is 10.1. The lowest BCUT2D eigenvalue weighted by molar-refractivity contribution is 0.273. The highest BCUT2D eigenvalue weighted by atomic mass is 127. The van der Waals surface area contributed by atoms with Crippen molar-refractivity contribution in [2.24, 2.45) is 21.1 Å². The predicted octanol–water partition coefficient (Wildman–Crippen LogP) is 5.41. The molecule has 0 radical (unpaired) electrons. The lowest BCUT2D eigenvalue weighted by Gasteiger charge is -2.11. The van der Waals surface area contributed by atoms with E-state index in [0.717, 1.165) is 16.2 Å². The number of fused-ring (bicyclic) bond motifs is 3. The Hall–Kier alpha value is -3.24. The van der Waals surface area contributed by atoms with Crippen molar-refractivity contribution in [2.75, 3.05) is 13.8 Å². The first-order valence-electron chi connectivity index (χ1n) is 15.3. The minimum absolute atomic E-state index is 0.0645. The van der Waals surface area contributed by atoms with E-state index in [0.29, 0.717) is 63.9 Å². The smallest absolute Gasteiger partial charge is 0.258 e. The summed E-state index contributed by atoms with van der Waals surface area (Å²) in [4.78, 5) is 35.8.